The summed E-state index contributed by atoms with van der Waals surface area (Å²) in [7, 11) is 0. The van der Waals surface area contributed by atoms with Gasteiger partial charge >= 0.3 is 6.09 Å². The number of thiophene rings is 1. The van der Waals surface area contributed by atoms with Crippen LogP contribution in [0.4, 0.5) is 10.6 Å². The molecule has 1 atom stereocenters. The molecule has 2 aromatic rings. The Balaban J connectivity index is 1.93. The zero-order valence-electron chi connectivity index (χ0n) is 12.1. The van der Waals surface area contributed by atoms with Crippen LogP contribution < -0.4 is 4.90 Å². The van der Waals surface area contributed by atoms with Crippen LogP contribution in [0.25, 0.3) is 10.2 Å². The predicted octanol–water partition coefficient (Wildman–Crippen LogP) is 2.44. The van der Waals surface area contributed by atoms with Crippen LogP contribution in [0.3, 0.4) is 0 Å². The van der Waals surface area contributed by atoms with Crippen molar-refractivity contribution in [2.24, 2.45) is 0 Å². The van der Waals surface area contributed by atoms with Gasteiger partial charge in [0.1, 0.15) is 17.0 Å². The van der Waals surface area contributed by atoms with Gasteiger partial charge in [-0.05, 0) is 19.4 Å². The molecule has 0 bridgehead atoms. The Morgan fingerprint density at radius 2 is 2.29 bits per heavy atom. The fourth-order valence-corrected chi connectivity index (χ4v) is 3.67. The second-order valence-corrected chi connectivity index (χ2v) is 6.37. The maximum Gasteiger partial charge on any atom is 0.407 e. The van der Waals surface area contributed by atoms with Crippen LogP contribution in [-0.4, -0.2) is 51.7 Å². The Morgan fingerprint density at radius 3 is 2.95 bits per heavy atom. The van der Waals surface area contributed by atoms with Gasteiger partial charge in [0.05, 0.1) is 5.39 Å². The molecule has 1 aliphatic heterocycles. The van der Waals surface area contributed by atoms with E-state index in [1.54, 1.807) is 17.7 Å². The lowest BCUT2D eigenvalue weighted by atomic mass is 10.2. The molecule has 0 spiro atoms. The second-order valence-electron chi connectivity index (χ2n) is 5.25. The summed E-state index contributed by atoms with van der Waals surface area (Å²) in [6.07, 6.45) is 1.74. The molecular weight excluding hydrogens is 288 g/mol. The number of rotatable bonds is 2. The molecule has 1 saturated heterocycles. The van der Waals surface area contributed by atoms with E-state index in [1.807, 2.05) is 6.92 Å². The summed E-state index contributed by atoms with van der Waals surface area (Å²) in [5.41, 5.74) is 0. The Bertz CT molecular complexity index is 672. The van der Waals surface area contributed by atoms with E-state index in [-0.39, 0.29) is 6.04 Å². The van der Waals surface area contributed by atoms with Crippen LogP contribution in [-0.2, 0) is 6.42 Å². The highest BCUT2D eigenvalue weighted by Gasteiger charge is 2.28. The monoisotopic (exact) mass is 306 g/mol. The maximum absolute atomic E-state index is 11.1. The van der Waals surface area contributed by atoms with Crippen molar-refractivity contribution in [1.29, 1.82) is 0 Å². The molecule has 1 N–H and O–H groups in total. The second kappa shape index (κ2) is 5.48. The fraction of sp³-hybridized carbons (Fsp3) is 0.500. The van der Waals surface area contributed by atoms with Crippen molar-refractivity contribution >= 4 is 33.5 Å². The molecule has 6 nitrogen and oxygen atoms in total. The van der Waals surface area contributed by atoms with E-state index in [4.69, 9.17) is 5.11 Å². The molecule has 0 aromatic carbocycles. The van der Waals surface area contributed by atoms with Crippen molar-refractivity contribution in [3.8, 4) is 0 Å². The average molecular weight is 306 g/mol. The van der Waals surface area contributed by atoms with Crippen LogP contribution in [0.5, 0.6) is 0 Å². The number of amides is 1. The average Bonchev–Trinajstić information content (AvgIpc) is 2.90. The first-order valence-electron chi connectivity index (χ1n) is 7.08. The summed E-state index contributed by atoms with van der Waals surface area (Å²) in [6.45, 7) is 5.85. The number of hydrogen-bond acceptors (Lipinski definition) is 5. The number of carbonyl (C=O) groups is 1. The molecule has 0 aliphatic carbocycles. The molecule has 21 heavy (non-hydrogen) atoms. The lowest BCUT2D eigenvalue weighted by Crippen LogP contribution is -2.53. The van der Waals surface area contributed by atoms with Crippen LogP contribution in [0.1, 0.15) is 18.7 Å². The summed E-state index contributed by atoms with van der Waals surface area (Å²) in [5, 5.41) is 10.2. The standard InChI is InChI=1S/C14H18N4O2S/c1-3-10-6-11-12(15-8-16-13(11)21-10)18-5-4-17(14(19)20)7-9(18)2/h6,8-9H,3-5,7H2,1-2H3,(H,19,20)/t9-/m1/s1. The number of anilines is 1. The molecule has 0 radical (unpaired) electrons. The van der Waals surface area contributed by atoms with Gasteiger partial charge in [-0.15, -0.1) is 11.3 Å². The van der Waals surface area contributed by atoms with E-state index >= 15 is 0 Å². The van der Waals surface area contributed by atoms with Gasteiger partial charge < -0.3 is 14.9 Å². The summed E-state index contributed by atoms with van der Waals surface area (Å²) < 4.78 is 0. The van der Waals surface area contributed by atoms with Gasteiger partial charge in [0, 0.05) is 30.6 Å². The summed E-state index contributed by atoms with van der Waals surface area (Å²) in [4.78, 5) is 25.8. The van der Waals surface area contributed by atoms with E-state index in [0.717, 1.165) is 22.5 Å². The predicted molar refractivity (Wildman–Crippen MR) is 83.2 cm³/mol. The Hall–Kier alpha value is -1.89. The van der Waals surface area contributed by atoms with Gasteiger partial charge in [-0.3, -0.25) is 0 Å². The van der Waals surface area contributed by atoms with Crippen molar-refractivity contribution in [2.75, 3.05) is 24.5 Å². The van der Waals surface area contributed by atoms with Gasteiger partial charge in [0.15, 0.2) is 0 Å². The lowest BCUT2D eigenvalue weighted by molar-refractivity contribution is 0.136. The molecule has 0 unspecified atom stereocenters. The van der Waals surface area contributed by atoms with Gasteiger partial charge in [-0.2, -0.15) is 0 Å². The highest BCUT2D eigenvalue weighted by molar-refractivity contribution is 7.18. The van der Waals surface area contributed by atoms with Gasteiger partial charge in [-0.1, -0.05) is 6.92 Å². The number of nitrogens with zero attached hydrogens (tertiary/aromatic N) is 4. The van der Waals surface area contributed by atoms with Gasteiger partial charge in [0.2, 0.25) is 0 Å². The highest BCUT2D eigenvalue weighted by atomic mass is 32.1. The molecule has 1 fully saturated rings. The molecule has 112 valence electrons. The number of aromatic nitrogens is 2. The topological polar surface area (TPSA) is 69.6 Å². The third kappa shape index (κ3) is 2.53. The maximum atomic E-state index is 11.1. The zero-order chi connectivity index (χ0) is 15.0. The molecule has 1 aliphatic rings. The van der Waals surface area contributed by atoms with Crippen molar-refractivity contribution in [3.05, 3.63) is 17.3 Å². The van der Waals surface area contributed by atoms with E-state index in [2.05, 4.69) is 27.9 Å². The first-order valence-corrected chi connectivity index (χ1v) is 7.89. The minimum atomic E-state index is -0.849. The Labute approximate surface area is 127 Å². The van der Waals surface area contributed by atoms with E-state index < -0.39 is 6.09 Å². The highest BCUT2D eigenvalue weighted by Crippen LogP contribution is 2.32. The molecule has 1 amide bonds. The van der Waals surface area contributed by atoms with Gasteiger partial charge in [-0.25, -0.2) is 14.8 Å². The van der Waals surface area contributed by atoms with Crippen LogP contribution >= 0.6 is 11.3 Å². The number of hydrogen-bond donors (Lipinski definition) is 1. The number of piperazine rings is 1. The summed E-state index contributed by atoms with van der Waals surface area (Å²) in [5.74, 6) is 0.925. The lowest BCUT2D eigenvalue weighted by Gasteiger charge is -2.39. The van der Waals surface area contributed by atoms with Crippen molar-refractivity contribution in [3.63, 3.8) is 0 Å². The first-order chi connectivity index (χ1) is 10.1. The Morgan fingerprint density at radius 1 is 1.48 bits per heavy atom. The quantitative estimate of drug-likeness (QED) is 0.923. The minimum Gasteiger partial charge on any atom is -0.465 e. The van der Waals surface area contributed by atoms with E-state index in [1.165, 1.54) is 9.78 Å². The fourth-order valence-electron chi connectivity index (χ4n) is 2.74. The molecule has 3 rings (SSSR count). The number of carboxylic acid groups (broad SMARTS) is 1. The third-order valence-electron chi connectivity index (χ3n) is 3.88. The minimum absolute atomic E-state index is 0.109. The van der Waals surface area contributed by atoms with E-state index in [9.17, 15) is 4.79 Å². The number of fused-ring (bicyclic) bond motifs is 1. The van der Waals surface area contributed by atoms with Crippen LogP contribution in [0.15, 0.2) is 12.4 Å². The molecule has 3 heterocycles. The SMILES string of the molecule is CCc1cc2c(N3CCN(C(=O)O)C[C@H]3C)ncnc2s1. The van der Waals surface area contributed by atoms with Crippen LogP contribution in [0, 0.1) is 0 Å². The first kappa shape index (κ1) is 14.1. The van der Waals surface area contributed by atoms with Crippen molar-refractivity contribution in [2.45, 2.75) is 26.3 Å². The summed E-state index contributed by atoms with van der Waals surface area (Å²) in [6, 6.07) is 2.27. The van der Waals surface area contributed by atoms with Crippen molar-refractivity contribution in [1.82, 2.24) is 14.9 Å². The van der Waals surface area contributed by atoms with Gasteiger partial charge in [0.25, 0.3) is 0 Å². The molecule has 0 saturated carbocycles. The molecule has 2 aromatic heterocycles. The zero-order valence-corrected chi connectivity index (χ0v) is 12.9. The van der Waals surface area contributed by atoms with E-state index in [0.29, 0.717) is 19.6 Å². The summed E-state index contributed by atoms with van der Waals surface area (Å²) >= 11 is 1.70. The Kier molecular flexibility index (Phi) is 3.67. The largest absolute Gasteiger partial charge is 0.465 e. The molecule has 7 heteroatoms. The van der Waals surface area contributed by atoms with Crippen LogP contribution in [0.2, 0.25) is 0 Å². The third-order valence-corrected chi connectivity index (χ3v) is 5.07. The van der Waals surface area contributed by atoms with Crippen molar-refractivity contribution < 1.29 is 9.90 Å². The molecular formula is C14H18N4O2S. The normalized spacial score (nSPS) is 19.2. The number of aryl methyl sites for hydroxylation is 1. The smallest absolute Gasteiger partial charge is 0.407 e.